The van der Waals surface area contributed by atoms with E-state index < -0.39 is 97.5 Å². The largest absolute Gasteiger partial charge is 0.472 e. The van der Waals surface area contributed by atoms with E-state index in [4.69, 9.17) is 37.0 Å². The minimum atomic E-state index is -4.96. The maximum absolute atomic E-state index is 13.1. The number of carbonyl (C=O) groups is 4. The van der Waals surface area contributed by atoms with Crippen molar-refractivity contribution in [3.8, 4) is 0 Å². The third-order valence-corrected chi connectivity index (χ3v) is 20.4. The standard InChI is InChI=1S/C79H154O17P2/c1-6-9-12-15-18-21-23-25-27-29-31-33-35-37-39-44-49-54-59-64-78(83)96-75(69-90-77(82)63-58-53-48-43-38-36-34-32-30-28-26-24-22-19-16-13-10-7-2)71-94-98(87,88)92-67-73(80)66-91-97(85,86)93-70-74(68-89-76(81)62-57-52-47-20-17-14-11-8-3)95-79(84)65-60-55-50-45-41-40-42-46-51-56-61-72(4)5/h72-75,80H,6-71H2,1-5H3,(H,85,86)(H,87,88)/t73-,74+,75+/m0/s1. The number of aliphatic hydroxyl groups excluding tert-OH is 1. The highest BCUT2D eigenvalue weighted by Crippen LogP contribution is 2.45. The van der Waals surface area contributed by atoms with E-state index in [0.717, 1.165) is 102 Å². The Kier molecular flexibility index (Phi) is 70.6. The van der Waals surface area contributed by atoms with Gasteiger partial charge in [0.2, 0.25) is 0 Å². The third-order valence-electron chi connectivity index (χ3n) is 18.5. The number of hydrogen-bond donors (Lipinski definition) is 3. The van der Waals surface area contributed by atoms with Gasteiger partial charge in [-0.2, -0.15) is 0 Å². The predicted octanol–water partition coefficient (Wildman–Crippen LogP) is 23.6. The summed E-state index contributed by atoms with van der Waals surface area (Å²) in [4.78, 5) is 72.8. The number of hydrogen-bond acceptors (Lipinski definition) is 15. The molecule has 5 atom stereocenters. The van der Waals surface area contributed by atoms with Crippen LogP contribution in [0.4, 0.5) is 0 Å². The summed E-state index contributed by atoms with van der Waals surface area (Å²) in [6, 6.07) is 0. The van der Waals surface area contributed by atoms with Gasteiger partial charge in [0.1, 0.15) is 19.3 Å². The highest BCUT2D eigenvalue weighted by Gasteiger charge is 2.30. The first-order chi connectivity index (χ1) is 47.5. The average Bonchev–Trinajstić information content (AvgIpc) is 1.03. The lowest BCUT2D eigenvalue weighted by atomic mass is 10.0. The van der Waals surface area contributed by atoms with Crippen molar-refractivity contribution in [2.45, 2.75) is 438 Å². The van der Waals surface area contributed by atoms with Crippen LogP contribution in [0.1, 0.15) is 420 Å². The van der Waals surface area contributed by atoms with Gasteiger partial charge in [-0.25, -0.2) is 9.13 Å². The van der Waals surface area contributed by atoms with Gasteiger partial charge in [0.25, 0.3) is 0 Å². The molecule has 0 aliphatic carbocycles. The molecule has 0 spiro atoms. The number of aliphatic hydroxyl groups is 1. The number of esters is 4. The Balaban J connectivity index is 5.20. The zero-order valence-electron chi connectivity index (χ0n) is 63.9. The second kappa shape index (κ2) is 72.0. The summed E-state index contributed by atoms with van der Waals surface area (Å²) in [5, 5.41) is 10.6. The smallest absolute Gasteiger partial charge is 0.462 e. The van der Waals surface area contributed by atoms with E-state index in [0.29, 0.717) is 25.7 Å². The molecule has 0 heterocycles. The summed E-state index contributed by atoms with van der Waals surface area (Å²) in [5.74, 6) is -1.36. The SMILES string of the molecule is CCCCCCCCCCCCCCCCCCCCCC(=O)O[C@H](COC(=O)CCCCCCCCCCCCCCCCCCCC)COP(=O)(O)OC[C@@H](O)COP(=O)(O)OC[C@@H](COC(=O)CCCCCCCCCC)OC(=O)CCCCCCCCCCCCC(C)C. The quantitative estimate of drug-likeness (QED) is 0.0222. The van der Waals surface area contributed by atoms with Gasteiger partial charge in [-0.1, -0.05) is 369 Å². The minimum absolute atomic E-state index is 0.106. The van der Waals surface area contributed by atoms with Gasteiger partial charge >= 0.3 is 39.5 Å². The number of carbonyl (C=O) groups excluding carboxylic acids is 4. The Labute approximate surface area is 600 Å². The van der Waals surface area contributed by atoms with Crippen LogP contribution in [-0.4, -0.2) is 96.7 Å². The summed E-state index contributed by atoms with van der Waals surface area (Å²) >= 11 is 0. The molecule has 19 heteroatoms. The van der Waals surface area contributed by atoms with E-state index in [1.807, 2.05) is 0 Å². The summed E-state index contributed by atoms with van der Waals surface area (Å²) in [7, 11) is -9.91. The molecule has 3 N–H and O–H groups in total. The molecule has 582 valence electrons. The van der Waals surface area contributed by atoms with Crippen molar-refractivity contribution in [3.63, 3.8) is 0 Å². The van der Waals surface area contributed by atoms with Crippen LogP contribution in [0.5, 0.6) is 0 Å². The molecular formula is C79H154O17P2. The van der Waals surface area contributed by atoms with Crippen molar-refractivity contribution >= 4 is 39.5 Å². The number of phosphoric acid groups is 2. The Hall–Kier alpha value is -1.94. The molecule has 0 aliphatic heterocycles. The second-order valence-electron chi connectivity index (χ2n) is 28.9. The fraction of sp³-hybridized carbons (Fsp3) is 0.949. The zero-order chi connectivity index (χ0) is 71.9. The number of unbranched alkanes of at least 4 members (excludes halogenated alkanes) is 51. The lowest BCUT2D eigenvalue weighted by molar-refractivity contribution is -0.161. The molecule has 98 heavy (non-hydrogen) atoms. The summed E-state index contributed by atoms with van der Waals surface area (Å²) in [5.41, 5.74) is 0. The van der Waals surface area contributed by atoms with E-state index in [9.17, 15) is 43.2 Å². The van der Waals surface area contributed by atoms with Gasteiger partial charge < -0.3 is 33.8 Å². The molecular weight excluding hydrogens is 1280 g/mol. The van der Waals surface area contributed by atoms with Gasteiger partial charge in [-0.15, -0.1) is 0 Å². The lowest BCUT2D eigenvalue weighted by Crippen LogP contribution is -2.30. The highest BCUT2D eigenvalue weighted by molar-refractivity contribution is 7.47. The van der Waals surface area contributed by atoms with Crippen LogP contribution >= 0.6 is 15.6 Å². The molecule has 2 unspecified atom stereocenters. The first-order valence-electron chi connectivity index (χ1n) is 41.1. The van der Waals surface area contributed by atoms with E-state index >= 15 is 0 Å². The monoisotopic (exact) mass is 1440 g/mol. The van der Waals surface area contributed by atoms with Crippen molar-refractivity contribution in [2.24, 2.45) is 5.92 Å². The van der Waals surface area contributed by atoms with Gasteiger partial charge in [0.05, 0.1) is 26.4 Å². The Morgan fingerprint density at radius 1 is 0.276 bits per heavy atom. The molecule has 0 aromatic rings. The molecule has 0 radical (unpaired) electrons. The van der Waals surface area contributed by atoms with Crippen LogP contribution < -0.4 is 0 Å². The van der Waals surface area contributed by atoms with Crippen molar-refractivity contribution < 1.29 is 80.2 Å². The predicted molar refractivity (Wildman–Crippen MR) is 400 cm³/mol. The van der Waals surface area contributed by atoms with Crippen LogP contribution in [0, 0.1) is 5.92 Å². The van der Waals surface area contributed by atoms with Crippen LogP contribution in [0.3, 0.4) is 0 Å². The number of rotatable bonds is 79. The van der Waals surface area contributed by atoms with Crippen LogP contribution in [0.25, 0.3) is 0 Å². The van der Waals surface area contributed by atoms with Crippen LogP contribution in [0.2, 0.25) is 0 Å². The van der Waals surface area contributed by atoms with Crippen LogP contribution in [0.15, 0.2) is 0 Å². The highest BCUT2D eigenvalue weighted by atomic mass is 31.2. The van der Waals surface area contributed by atoms with E-state index in [2.05, 4.69) is 34.6 Å². The van der Waals surface area contributed by atoms with Crippen molar-refractivity contribution in [1.29, 1.82) is 0 Å². The number of phosphoric ester groups is 2. The molecule has 17 nitrogen and oxygen atoms in total. The molecule has 0 aromatic heterocycles. The molecule has 0 saturated carbocycles. The summed E-state index contributed by atoms with van der Waals surface area (Å²) in [6.07, 6.45) is 62.6. The maximum atomic E-state index is 13.1. The molecule has 0 saturated heterocycles. The van der Waals surface area contributed by atoms with Gasteiger partial charge in [-0.3, -0.25) is 37.3 Å². The van der Waals surface area contributed by atoms with E-state index in [1.165, 1.54) is 238 Å². The van der Waals surface area contributed by atoms with Crippen molar-refractivity contribution in [1.82, 2.24) is 0 Å². The molecule has 0 fully saturated rings. The van der Waals surface area contributed by atoms with Gasteiger partial charge in [0, 0.05) is 25.7 Å². The second-order valence-corrected chi connectivity index (χ2v) is 31.8. The molecule has 0 aliphatic rings. The zero-order valence-corrected chi connectivity index (χ0v) is 65.7. The third kappa shape index (κ3) is 72.4. The summed E-state index contributed by atoms with van der Waals surface area (Å²) in [6.45, 7) is 7.28. The molecule has 0 amide bonds. The summed E-state index contributed by atoms with van der Waals surface area (Å²) < 4.78 is 68.6. The lowest BCUT2D eigenvalue weighted by Gasteiger charge is -2.21. The maximum Gasteiger partial charge on any atom is 0.472 e. The molecule has 0 aromatic carbocycles. The van der Waals surface area contributed by atoms with Crippen LogP contribution in [-0.2, 0) is 65.4 Å². The first-order valence-corrected chi connectivity index (χ1v) is 44.1. The van der Waals surface area contributed by atoms with Crippen molar-refractivity contribution in [3.05, 3.63) is 0 Å². The fourth-order valence-electron chi connectivity index (χ4n) is 12.2. The van der Waals surface area contributed by atoms with Gasteiger partial charge in [-0.05, 0) is 31.6 Å². The topological polar surface area (TPSA) is 237 Å². The Morgan fingerprint density at radius 3 is 0.694 bits per heavy atom. The van der Waals surface area contributed by atoms with E-state index in [-0.39, 0.29) is 25.7 Å². The van der Waals surface area contributed by atoms with Gasteiger partial charge in [0.15, 0.2) is 12.2 Å². The molecule has 0 rings (SSSR count). The van der Waals surface area contributed by atoms with Crippen molar-refractivity contribution in [2.75, 3.05) is 39.6 Å². The average molecular weight is 1440 g/mol. The Bertz CT molecular complexity index is 1870. The fourth-order valence-corrected chi connectivity index (χ4v) is 13.8. The molecule has 0 bridgehead atoms. The Morgan fingerprint density at radius 2 is 0.469 bits per heavy atom. The normalized spacial score (nSPS) is 13.9. The van der Waals surface area contributed by atoms with E-state index in [1.54, 1.807) is 0 Å². The number of ether oxygens (including phenoxy) is 4. The minimum Gasteiger partial charge on any atom is -0.462 e. The first kappa shape index (κ1) is 96.1.